The number of amides is 10. The van der Waals surface area contributed by atoms with E-state index in [1.54, 1.807) is 267 Å². The van der Waals surface area contributed by atoms with Gasteiger partial charge in [-0.05, 0) is 105 Å². The lowest BCUT2D eigenvalue weighted by atomic mass is 10.0. The number of carbonyl (C=O) groups is 5. The first-order valence-electron chi connectivity index (χ1n) is 44.1. The van der Waals surface area contributed by atoms with Gasteiger partial charge in [-0.3, -0.25) is 71.8 Å². The number of nitrogens with zero attached hydrogens (tertiary/aromatic N) is 10. The van der Waals surface area contributed by atoms with Gasteiger partial charge in [0.15, 0.2) is 62.3 Å². The number of aromatic hydroxyl groups is 1. The van der Waals surface area contributed by atoms with Crippen LogP contribution in [0.3, 0.4) is 0 Å². The van der Waals surface area contributed by atoms with E-state index in [1.807, 2.05) is 0 Å². The third-order valence-corrected chi connectivity index (χ3v) is 38.9. The maximum atomic E-state index is 16.8. The third kappa shape index (κ3) is 15.6. The monoisotopic (exact) mass is 1990 g/mol. The van der Waals surface area contributed by atoms with Crippen molar-refractivity contribution >= 4 is 107 Å². The molecule has 0 spiro atoms. The Bertz CT molecular complexity index is 7150. The predicted octanol–water partition coefficient (Wildman–Crippen LogP) is 12.2. The van der Waals surface area contributed by atoms with Crippen molar-refractivity contribution in [2.45, 2.75) is 62.3 Å². The molecule has 5 saturated heterocycles. The molecule has 0 aliphatic carbocycles. The lowest BCUT2D eigenvalue weighted by molar-refractivity contribution is -0.192. The zero-order chi connectivity index (χ0) is 95.9. The summed E-state index contributed by atoms with van der Waals surface area (Å²) in [6.07, 6.45) is -26.1. The van der Waals surface area contributed by atoms with Gasteiger partial charge in [-0.2, -0.15) is 0 Å². The molecular weight excluding hydrogens is 1910 g/mol. The number of hydrogen-bond acceptors (Lipinski definition) is 26. The Kier molecular flexibility index (Phi) is 23.4. The van der Waals surface area contributed by atoms with Crippen LogP contribution in [0.4, 0.5) is 24.0 Å². The number of urea groups is 5. The fourth-order valence-electron chi connectivity index (χ4n) is 19.4. The highest BCUT2D eigenvalue weighted by Crippen LogP contribution is 2.63. The number of phenols is 1. The Hall–Kier alpha value is -13.0. The Labute approximate surface area is 795 Å². The smallest absolute Gasteiger partial charge is 0.326 e. The minimum absolute atomic E-state index is 0.00929. The molecule has 22 rings (SSSR count). The second kappa shape index (κ2) is 35.7. The van der Waals surface area contributed by atoms with Crippen LogP contribution in [0, 0.1) is 0 Å². The van der Waals surface area contributed by atoms with Crippen LogP contribution in [-0.2, 0) is 41.8 Å². The van der Waals surface area contributed by atoms with Crippen molar-refractivity contribution in [2.24, 2.45) is 0 Å². The molecule has 710 valence electrons. The molecule has 10 heterocycles. The molecular formula is C97H86N10O26P6. The quantitative estimate of drug-likeness (QED) is 0.0248. The molecule has 16 atom stereocenters. The minimum atomic E-state index is -4.63. The third-order valence-electron chi connectivity index (χ3n) is 26.2. The molecule has 42 heteroatoms. The van der Waals surface area contributed by atoms with E-state index in [2.05, 4.69) is 0 Å². The first-order valence-corrected chi connectivity index (χ1v) is 54.4. The van der Waals surface area contributed by atoms with Crippen molar-refractivity contribution in [2.75, 3.05) is 64.6 Å². The summed E-state index contributed by atoms with van der Waals surface area (Å²) in [5.41, 5.74) is 6.12. The number of hydrogen-bond donors (Lipinski definition) is 7. The molecule has 0 aromatic heterocycles. The van der Waals surface area contributed by atoms with Crippen LogP contribution in [-0.4, -0.2) is 242 Å². The highest BCUT2D eigenvalue weighted by molar-refractivity contribution is 7.69. The first kappa shape index (κ1) is 91.1. The molecule has 7 N–H and O–H groups in total. The van der Waals surface area contributed by atoms with E-state index < -0.39 is 188 Å². The first-order chi connectivity index (χ1) is 67.2. The number of para-hydroxylation sites is 6. The Morgan fingerprint density at radius 1 is 0.237 bits per heavy atom. The second-order valence-electron chi connectivity index (χ2n) is 34.3. The van der Waals surface area contributed by atoms with Gasteiger partial charge in [-0.1, -0.05) is 233 Å². The molecule has 0 saturated carbocycles. The van der Waals surface area contributed by atoms with Gasteiger partial charge in [-0.25, -0.2) is 24.0 Å². The summed E-state index contributed by atoms with van der Waals surface area (Å²) in [6.45, 7) is -4.51. The molecule has 10 amide bonds. The number of ether oxygens (including phenoxy) is 4. The highest BCUT2D eigenvalue weighted by atomic mass is 31.2. The topological polar surface area (TPSA) is 428 Å². The van der Waals surface area contributed by atoms with Crippen LogP contribution >= 0.6 is 45.4 Å². The molecule has 36 nitrogen and oxygen atoms in total. The van der Waals surface area contributed by atoms with Crippen molar-refractivity contribution in [3.63, 3.8) is 0 Å². The molecule has 5 fully saturated rings. The average molecular weight is 1990 g/mol. The van der Waals surface area contributed by atoms with Crippen LogP contribution in [0.1, 0.15) is 0 Å². The standard InChI is InChI=1S/C97H86N10O26P6/c108-71-37-13-1-25-59(71)65-31-7-19-43-77(65)134-53-102-85(111)83(109)98(93(102)115)49-125-89-87(113)100(95(117)104(89)55-136(121)79-45-21-9-33-67(79)61-27-3-15-39-73(61)130-136)51-127-91-92(107(58-139(124)82-48-24-12-36-70(82)64-30-6-18-42-76(64)133-139)97(119)106(91)57-138(123)81-47-23-11-35-69(81)63-29-5-17-41-75(63)132-138)128-52-101-88(114)90(105(96(101)118)56-137(122)80-46-22-10-34-68(80)62-28-4-16-40-74(62)131-137)126-50-99-84(110)86(112)103(94(99)116)54-135(120)78-44-20-8-32-66(78)60-26-2-14-38-72(60)129-135/h1-48,83-92,108-114,134H,49-58H2. The zero-order valence-corrected chi connectivity index (χ0v) is 78.6. The van der Waals surface area contributed by atoms with Crippen LogP contribution in [0.25, 0.3) is 66.8 Å². The Morgan fingerprint density at radius 3 is 0.777 bits per heavy atom. The average Bonchev–Trinajstić information content (AvgIpc) is 1.65. The fourth-order valence-corrected chi connectivity index (χ4v) is 32.4. The molecule has 139 heavy (non-hydrogen) atoms. The Balaban J connectivity index is 0.625. The summed E-state index contributed by atoms with van der Waals surface area (Å²) in [4.78, 5) is 86.9. The number of aliphatic hydroxyl groups is 6. The maximum Gasteiger partial charge on any atom is 0.326 e. The number of aliphatic hydroxyl groups excluding tert-OH is 6. The van der Waals surface area contributed by atoms with E-state index in [0.29, 0.717) is 86.8 Å². The number of rotatable bonds is 26. The lowest BCUT2D eigenvalue weighted by Crippen LogP contribution is -2.49. The van der Waals surface area contributed by atoms with Crippen LogP contribution in [0.2, 0.25) is 0 Å². The van der Waals surface area contributed by atoms with Gasteiger partial charge in [-0.15, -0.1) is 0 Å². The summed E-state index contributed by atoms with van der Waals surface area (Å²) in [7, 11) is -22.7. The van der Waals surface area contributed by atoms with E-state index in [4.69, 9.17) is 41.6 Å². The van der Waals surface area contributed by atoms with Crippen molar-refractivity contribution in [3.05, 3.63) is 291 Å². The van der Waals surface area contributed by atoms with Gasteiger partial charge in [0.2, 0.25) is 0 Å². The number of phenolic OH excluding ortho intramolecular Hbond substituents is 1. The zero-order valence-electron chi connectivity index (χ0n) is 73.2. The second-order valence-corrected chi connectivity index (χ2v) is 47.0. The normalized spacial score (nSPS) is 26.7. The lowest BCUT2D eigenvalue weighted by Gasteiger charge is -2.35. The maximum absolute atomic E-state index is 16.8. The van der Waals surface area contributed by atoms with E-state index in [-0.39, 0.29) is 75.9 Å². The Morgan fingerprint density at radius 2 is 0.453 bits per heavy atom. The summed E-state index contributed by atoms with van der Waals surface area (Å²) in [5, 5.41) is 86.2. The van der Waals surface area contributed by atoms with E-state index in [1.165, 1.54) is 24.3 Å². The molecule has 0 bridgehead atoms. The van der Waals surface area contributed by atoms with Crippen molar-refractivity contribution in [1.29, 1.82) is 0 Å². The van der Waals surface area contributed by atoms with Crippen molar-refractivity contribution in [3.8, 4) is 101 Å². The van der Waals surface area contributed by atoms with Crippen LogP contribution in [0.5, 0.6) is 34.5 Å². The molecule has 0 radical (unpaired) electrons. The summed E-state index contributed by atoms with van der Waals surface area (Å²) >= 11 is 0. The summed E-state index contributed by atoms with van der Waals surface area (Å²) < 4.78 is 141. The molecule has 12 aromatic rings. The van der Waals surface area contributed by atoms with Gasteiger partial charge >= 0.3 is 30.2 Å². The van der Waals surface area contributed by atoms with Gasteiger partial charge in [0, 0.05) is 39.7 Å². The van der Waals surface area contributed by atoms with Crippen molar-refractivity contribution in [1.82, 2.24) is 49.0 Å². The largest absolute Gasteiger partial charge is 0.507 e. The highest BCUT2D eigenvalue weighted by Gasteiger charge is 2.60. The van der Waals surface area contributed by atoms with E-state index in [0.717, 1.165) is 34.3 Å². The van der Waals surface area contributed by atoms with Gasteiger partial charge in [0.1, 0.15) is 92.8 Å². The summed E-state index contributed by atoms with van der Waals surface area (Å²) in [5.74, 6) is 0.730. The number of fused-ring (bicyclic) bond motifs is 15. The van der Waals surface area contributed by atoms with Crippen LogP contribution < -0.4 is 54.4 Å². The van der Waals surface area contributed by atoms with Gasteiger partial charge in [0.05, 0.1) is 26.5 Å². The summed E-state index contributed by atoms with van der Waals surface area (Å²) in [6, 6.07) is 74.4. The van der Waals surface area contributed by atoms with Gasteiger partial charge in [0.25, 0.3) is 36.8 Å². The number of benzene rings is 12. The predicted molar refractivity (Wildman–Crippen MR) is 510 cm³/mol. The molecule has 10 aliphatic rings. The van der Waals surface area contributed by atoms with E-state index >= 15 is 37.2 Å². The SMILES string of the molecule is O=C1N(COC2C(O)N(COC3C(OCN4C(=O)N(CP5(=O)Oc6ccccc6-c6ccccc65)C(OCN5C(=O)N(CP6(=O)Oc7ccccc7-c7ccccc76)C(O)C5O)C4O)N(CP4(=O)Oc5ccccc5-c5ccccc54)C(=O)N3CP3(=O)Oc4ccccc4-c4ccccc43)C(=O)N2CP2(=O)Oc3ccccc3-c3ccccc32)C(O)C(O)N1CPc1ccccc1-c1ccccc1O. The minimum Gasteiger partial charge on any atom is -0.507 e. The molecule has 10 aliphatic heterocycles. The number of carbonyl (C=O) groups excluding carboxylic acids is 5. The van der Waals surface area contributed by atoms with Crippen molar-refractivity contribution < 1.29 is 124 Å². The van der Waals surface area contributed by atoms with E-state index in [9.17, 15) is 45.3 Å². The van der Waals surface area contributed by atoms with Gasteiger partial charge < -0.3 is 77.3 Å². The van der Waals surface area contributed by atoms with Crippen LogP contribution in [0.15, 0.2) is 291 Å². The molecule has 16 unspecified atom stereocenters. The molecule has 12 aromatic carbocycles. The fraction of sp³-hybridized carbons (Fsp3) is 0.206.